The monoisotopic (exact) mass is 330 g/mol. The highest BCUT2D eigenvalue weighted by molar-refractivity contribution is 7.25. The van der Waals surface area contributed by atoms with Gasteiger partial charge in [0, 0.05) is 16.7 Å². The van der Waals surface area contributed by atoms with Gasteiger partial charge in [0.2, 0.25) is 0 Å². The molecule has 0 aliphatic carbocycles. The van der Waals surface area contributed by atoms with Gasteiger partial charge in [-0.25, -0.2) is 0 Å². The number of ether oxygens (including phenoxy) is 2. The van der Waals surface area contributed by atoms with Crippen molar-refractivity contribution in [2.45, 2.75) is 12.8 Å². The Kier molecular flexibility index (Phi) is 4.79. The van der Waals surface area contributed by atoms with Crippen molar-refractivity contribution in [1.82, 2.24) is 0 Å². The van der Waals surface area contributed by atoms with Crippen LogP contribution >= 0.6 is 11.3 Å². The molecule has 0 saturated heterocycles. The van der Waals surface area contributed by atoms with E-state index in [1.807, 2.05) is 30.3 Å². The molecule has 1 heterocycles. The molecule has 23 heavy (non-hydrogen) atoms. The van der Waals surface area contributed by atoms with Crippen molar-refractivity contribution in [2.75, 3.05) is 20.3 Å². The summed E-state index contributed by atoms with van der Waals surface area (Å²) in [6.07, 6.45) is 1.47. The number of aliphatic hydroxyl groups excluding tert-OH is 1. The van der Waals surface area contributed by atoms with E-state index in [4.69, 9.17) is 14.6 Å². The molecule has 0 spiro atoms. The lowest BCUT2D eigenvalue weighted by Crippen LogP contribution is -2.05. The molecule has 0 bridgehead atoms. The highest BCUT2D eigenvalue weighted by atomic mass is 32.1. The number of rotatable bonds is 6. The lowest BCUT2D eigenvalue weighted by molar-refractivity contribution is 0.254. The Bertz CT molecular complexity index is 885. The molecule has 120 valence electrons. The van der Waals surface area contributed by atoms with Crippen LogP contribution in [0.15, 0.2) is 41.2 Å². The molecule has 3 aromatic rings. The van der Waals surface area contributed by atoms with Gasteiger partial charge in [0.05, 0.1) is 23.8 Å². The minimum atomic E-state index is -0.0352. The summed E-state index contributed by atoms with van der Waals surface area (Å²) in [7, 11) is 1.57. The minimum absolute atomic E-state index is 0.0352. The van der Waals surface area contributed by atoms with Gasteiger partial charge < -0.3 is 14.6 Å². The third-order valence-electron chi connectivity index (χ3n) is 3.68. The Morgan fingerprint density at radius 3 is 2.65 bits per heavy atom. The van der Waals surface area contributed by atoms with Crippen LogP contribution in [0.4, 0.5) is 0 Å². The van der Waals surface area contributed by atoms with Crippen LogP contribution in [0.25, 0.3) is 20.2 Å². The van der Waals surface area contributed by atoms with Gasteiger partial charge in [0.25, 0.3) is 0 Å². The molecule has 0 aliphatic heterocycles. The van der Waals surface area contributed by atoms with Gasteiger partial charge in [0.15, 0.2) is 5.43 Å². The van der Waals surface area contributed by atoms with Gasteiger partial charge in [-0.1, -0.05) is 12.1 Å². The minimum Gasteiger partial charge on any atom is -0.496 e. The number of unbranched alkanes of at least 4 members (excludes halogenated alkanes) is 1. The molecule has 3 rings (SSSR count). The number of benzene rings is 2. The topological polar surface area (TPSA) is 55.8 Å². The molecule has 2 aromatic carbocycles. The quantitative estimate of drug-likeness (QED) is 0.554. The summed E-state index contributed by atoms with van der Waals surface area (Å²) < 4.78 is 12.9. The molecule has 4 nitrogen and oxygen atoms in total. The summed E-state index contributed by atoms with van der Waals surface area (Å²) in [5.74, 6) is 1.25. The summed E-state index contributed by atoms with van der Waals surface area (Å²) in [5, 5.41) is 10.1. The van der Waals surface area contributed by atoms with Gasteiger partial charge in [-0.05, 0) is 37.1 Å². The Labute approximate surface area is 137 Å². The molecule has 1 N–H and O–H groups in total. The number of aliphatic hydroxyl groups is 1. The Hall–Kier alpha value is -2.11. The first kappa shape index (κ1) is 15.8. The summed E-state index contributed by atoms with van der Waals surface area (Å²) >= 11 is 1.53. The van der Waals surface area contributed by atoms with Crippen LogP contribution in [0.5, 0.6) is 11.5 Å². The maximum absolute atomic E-state index is 12.8. The lowest BCUT2D eigenvalue weighted by Gasteiger charge is -2.12. The smallest absolute Gasteiger partial charge is 0.199 e. The van der Waals surface area contributed by atoms with E-state index in [0.29, 0.717) is 35.3 Å². The fourth-order valence-corrected chi connectivity index (χ4v) is 3.69. The second kappa shape index (κ2) is 6.98. The molecule has 0 aliphatic rings. The summed E-state index contributed by atoms with van der Waals surface area (Å²) in [4.78, 5) is 12.8. The van der Waals surface area contributed by atoms with Crippen molar-refractivity contribution in [3.8, 4) is 11.5 Å². The molecular formula is C18H18O4S. The first-order valence-electron chi connectivity index (χ1n) is 7.52. The van der Waals surface area contributed by atoms with E-state index in [0.717, 1.165) is 15.8 Å². The molecule has 0 atom stereocenters. The van der Waals surface area contributed by atoms with E-state index < -0.39 is 0 Å². The third kappa shape index (κ3) is 3.02. The molecular weight excluding hydrogens is 312 g/mol. The van der Waals surface area contributed by atoms with Gasteiger partial charge in [-0.15, -0.1) is 11.3 Å². The second-order valence-electron chi connectivity index (χ2n) is 5.18. The molecule has 0 saturated carbocycles. The average Bonchev–Trinajstić information content (AvgIpc) is 2.59. The van der Waals surface area contributed by atoms with E-state index in [-0.39, 0.29) is 12.0 Å². The van der Waals surface area contributed by atoms with E-state index in [2.05, 4.69) is 0 Å². The van der Waals surface area contributed by atoms with Gasteiger partial charge in [-0.3, -0.25) is 4.79 Å². The zero-order valence-corrected chi connectivity index (χ0v) is 13.7. The van der Waals surface area contributed by atoms with Crippen LogP contribution in [0.1, 0.15) is 12.8 Å². The van der Waals surface area contributed by atoms with E-state index in [9.17, 15) is 4.79 Å². The molecule has 5 heteroatoms. The number of hydrogen-bond donors (Lipinski definition) is 1. The maximum atomic E-state index is 12.8. The predicted molar refractivity (Wildman–Crippen MR) is 94.0 cm³/mol. The molecule has 0 amide bonds. The summed E-state index contributed by atoms with van der Waals surface area (Å²) in [5.41, 5.74) is -0.0352. The first-order valence-corrected chi connectivity index (χ1v) is 8.34. The van der Waals surface area contributed by atoms with Crippen molar-refractivity contribution in [1.29, 1.82) is 0 Å². The zero-order valence-electron chi connectivity index (χ0n) is 12.9. The summed E-state index contributed by atoms with van der Waals surface area (Å²) in [6.45, 7) is 0.667. The largest absolute Gasteiger partial charge is 0.496 e. The van der Waals surface area contributed by atoms with Crippen molar-refractivity contribution in [3.05, 3.63) is 46.6 Å². The first-order chi connectivity index (χ1) is 11.3. The third-order valence-corrected chi connectivity index (χ3v) is 4.87. The number of methoxy groups -OCH3 is 1. The SMILES string of the molecule is COc1ccc(OCCCCO)c2sc3ccccc3c(=O)c12. The van der Waals surface area contributed by atoms with Gasteiger partial charge >= 0.3 is 0 Å². The van der Waals surface area contributed by atoms with Crippen molar-refractivity contribution in [3.63, 3.8) is 0 Å². The normalized spacial score (nSPS) is 11.0. The highest BCUT2D eigenvalue weighted by Gasteiger charge is 2.14. The lowest BCUT2D eigenvalue weighted by atomic mass is 10.1. The number of fused-ring (bicyclic) bond motifs is 2. The van der Waals surface area contributed by atoms with Crippen LogP contribution in [-0.2, 0) is 0 Å². The standard InChI is InChI=1S/C18H18O4S/c1-21-13-8-9-14(22-11-5-4-10-19)18-16(13)17(20)12-6-2-3-7-15(12)23-18/h2-3,6-9,19H,4-5,10-11H2,1H3. The molecule has 0 radical (unpaired) electrons. The van der Waals surface area contributed by atoms with Crippen LogP contribution in [0, 0.1) is 0 Å². The predicted octanol–water partition coefficient (Wildman–Crippen LogP) is 3.57. The fourth-order valence-electron chi connectivity index (χ4n) is 2.53. The fraction of sp³-hybridized carbons (Fsp3) is 0.278. The van der Waals surface area contributed by atoms with Crippen LogP contribution in [0.3, 0.4) is 0 Å². The Morgan fingerprint density at radius 1 is 1.09 bits per heavy atom. The molecule has 0 unspecified atom stereocenters. The highest BCUT2D eigenvalue weighted by Crippen LogP contribution is 2.36. The maximum Gasteiger partial charge on any atom is 0.199 e. The second-order valence-corrected chi connectivity index (χ2v) is 6.23. The molecule has 0 fully saturated rings. The Morgan fingerprint density at radius 2 is 1.87 bits per heavy atom. The van der Waals surface area contributed by atoms with Crippen LogP contribution in [0.2, 0.25) is 0 Å². The van der Waals surface area contributed by atoms with Gasteiger partial charge in [-0.2, -0.15) is 0 Å². The van der Waals surface area contributed by atoms with E-state index in [1.54, 1.807) is 13.2 Å². The van der Waals surface area contributed by atoms with E-state index >= 15 is 0 Å². The summed E-state index contributed by atoms with van der Waals surface area (Å²) in [6, 6.07) is 11.2. The zero-order chi connectivity index (χ0) is 16.2. The average molecular weight is 330 g/mol. The van der Waals surface area contributed by atoms with Crippen LogP contribution in [-0.4, -0.2) is 25.4 Å². The Balaban J connectivity index is 2.17. The van der Waals surface area contributed by atoms with Crippen molar-refractivity contribution >= 4 is 31.5 Å². The van der Waals surface area contributed by atoms with E-state index in [1.165, 1.54) is 11.3 Å². The molecule has 1 aromatic heterocycles. The van der Waals surface area contributed by atoms with Crippen LogP contribution < -0.4 is 14.9 Å². The van der Waals surface area contributed by atoms with Crippen molar-refractivity contribution in [2.24, 2.45) is 0 Å². The van der Waals surface area contributed by atoms with Crippen molar-refractivity contribution < 1.29 is 14.6 Å². The van der Waals surface area contributed by atoms with Gasteiger partial charge in [0.1, 0.15) is 11.5 Å². The number of hydrogen-bond acceptors (Lipinski definition) is 5.